The zero-order valence-electron chi connectivity index (χ0n) is 24.0. The summed E-state index contributed by atoms with van der Waals surface area (Å²) in [5.74, 6) is 0. The Morgan fingerprint density at radius 1 is 0.737 bits per heavy atom. The van der Waals surface area contributed by atoms with Gasteiger partial charge < -0.3 is 0 Å². The lowest BCUT2D eigenvalue weighted by Crippen LogP contribution is -2.23. The second-order valence-corrected chi connectivity index (χ2v) is 11.3. The molecule has 3 aromatic carbocycles. The van der Waals surface area contributed by atoms with Gasteiger partial charge in [-0.05, 0) is 111 Å². The van der Waals surface area contributed by atoms with E-state index in [1.807, 2.05) is 18.2 Å². The van der Waals surface area contributed by atoms with Crippen molar-refractivity contribution in [1.29, 1.82) is 0 Å². The lowest BCUT2D eigenvalue weighted by Gasteiger charge is -2.30. The van der Waals surface area contributed by atoms with Crippen molar-refractivity contribution in [3.8, 4) is 22.3 Å². The highest BCUT2D eigenvalue weighted by Gasteiger charge is 2.42. The fourth-order valence-corrected chi connectivity index (χ4v) is 7.32. The molecule has 0 saturated carbocycles. The number of aryl methyl sites for hydroxylation is 1. The van der Waals surface area contributed by atoms with Gasteiger partial charge in [-0.3, -0.25) is 0 Å². The van der Waals surface area contributed by atoms with Crippen LogP contribution in [0.25, 0.3) is 40.0 Å². The first-order valence-corrected chi connectivity index (χ1v) is 14.0. The van der Waals surface area contributed by atoms with Crippen LogP contribution < -0.4 is 0 Å². The van der Waals surface area contributed by atoms with E-state index < -0.39 is 0 Å². The van der Waals surface area contributed by atoms with E-state index in [0.29, 0.717) is 0 Å². The third kappa shape index (κ3) is 3.36. The molecule has 38 heavy (non-hydrogen) atoms. The predicted molar refractivity (Wildman–Crippen MR) is 169 cm³/mol. The van der Waals surface area contributed by atoms with Gasteiger partial charge >= 0.3 is 0 Å². The van der Waals surface area contributed by atoms with E-state index in [1.54, 1.807) is 0 Å². The molecule has 3 aromatic rings. The number of fused-ring (bicyclic) bond motifs is 4. The Morgan fingerprint density at radius 2 is 1.34 bits per heavy atom. The number of allylic oxidation sites excluding steroid dienone is 5. The van der Waals surface area contributed by atoms with Gasteiger partial charge in [0, 0.05) is 10.8 Å². The van der Waals surface area contributed by atoms with Gasteiger partial charge in [-0.2, -0.15) is 0 Å². The van der Waals surface area contributed by atoms with Crippen molar-refractivity contribution in [2.45, 2.75) is 65.2 Å². The molecule has 0 atom stereocenters. The van der Waals surface area contributed by atoms with E-state index >= 15 is 0 Å². The summed E-state index contributed by atoms with van der Waals surface area (Å²) in [6.07, 6.45) is 12.5. The summed E-state index contributed by atoms with van der Waals surface area (Å²) < 4.78 is 0. The Kier molecular flexibility index (Phi) is 6.35. The highest BCUT2D eigenvalue weighted by atomic mass is 14.4. The van der Waals surface area contributed by atoms with Gasteiger partial charge in [0.1, 0.15) is 0 Å². The Labute approximate surface area is 229 Å². The van der Waals surface area contributed by atoms with Crippen molar-refractivity contribution >= 4 is 17.7 Å². The minimum Gasteiger partial charge on any atom is -0.0987 e. The summed E-state index contributed by atoms with van der Waals surface area (Å²) in [5, 5.41) is 0. The molecule has 2 aliphatic carbocycles. The molecule has 0 heterocycles. The van der Waals surface area contributed by atoms with E-state index in [9.17, 15) is 0 Å². The molecular weight excluding hydrogens is 456 g/mol. The maximum Gasteiger partial charge on any atom is 0.0210 e. The van der Waals surface area contributed by atoms with Gasteiger partial charge in [-0.1, -0.05) is 108 Å². The van der Waals surface area contributed by atoms with Crippen LogP contribution in [0.15, 0.2) is 86.0 Å². The Hall–Kier alpha value is -3.64. The fourth-order valence-electron chi connectivity index (χ4n) is 7.32. The fraction of sp³-hybridized carbons (Fsp3) is 0.263. The standard InChI is InChI=1S/C38H40/c1-10-16-29-30-19-17-25(22-33(30)37(8,9)32(29)13-4)26-18-20-31-34(23-26)38(14-5,15-6)35-21-24(7)27(11-2)28(12-3)36(31)35/h10-13,16-23H,2-4,14-15H2,1,5-9H3/b16-10-. The van der Waals surface area contributed by atoms with Gasteiger partial charge in [-0.25, -0.2) is 0 Å². The molecule has 0 aromatic heterocycles. The molecule has 0 amide bonds. The van der Waals surface area contributed by atoms with Crippen LogP contribution in [0.5, 0.6) is 0 Å². The van der Waals surface area contributed by atoms with Gasteiger partial charge in [-0.15, -0.1) is 0 Å². The summed E-state index contributed by atoms with van der Waals surface area (Å²) in [4.78, 5) is 0. The highest BCUT2D eigenvalue weighted by Crippen LogP contribution is 2.56. The van der Waals surface area contributed by atoms with Crippen LogP contribution in [-0.2, 0) is 10.8 Å². The number of benzene rings is 3. The minimum atomic E-state index is -0.0804. The van der Waals surface area contributed by atoms with Gasteiger partial charge in [0.2, 0.25) is 0 Å². The van der Waals surface area contributed by atoms with Crippen molar-refractivity contribution in [3.63, 3.8) is 0 Å². The summed E-state index contributed by atoms with van der Waals surface area (Å²) in [6, 6.07) is 16.6. The van der Waals surface area contributed by atoms with E-state index in [0.717, 1.165) is 12.8 Å². The molecule has 0 nitrogen and oxygen atoms in total. The Bertz CT molecular complexity index is 1560. The van der Waals surface area contributed by atoms with Gasteiger partial charge in [0.15, 0.2) is 0 Å². The first-order valence-electron chi connectivity index (χ1n) is 14.0. The van der Waals surface area contributed by atoms with E-state index in [4.69, 9.17) is 0 Å². The van der Waals surface area contributed by atoms with Crippen LogP contribution in [0.4, 0.5) is 0 Å². The van der Waals surface area contributed by atoms with Crippen molar-refractivity contribution < 1.29 is 0 Å². The second kappa shape index (κ2) is 9.28. The normalized spacial score (nSPS) is 16.4. The largest absolute Gasteiger partial charge is 0.0987 e. The first-order chi connectivity index (χ1) is 18.2. The molecule has 0 heteroatoms. The van der Waals surface area contributed by atoms with Crippen molar-refractivity contribution in [1.82, 2.24) is 0 Å². The predicted octanol–water partition coefficient (Wildman–Crippen LogP) is 10.8. The Morgan fingerprint density at radius 3 is 1.89 bits per heavy atom. The van der Waals surface area contributed by atoms with Crippen LogP contribution in [0.1, 0.15) is 86.4 Å². The molecule has 0 aliphatic heterocycles. The SMILES string of the molecule is C=CC1=C(/C=C\C)c2ccc(-c3ccc4c(c3)C(CC)(CC)c3cc(C)c(C=C)c(C=C)c3-4)cc2C1(C)C. The molecule has 5 rings (SSSR count). The molecule has 0 N–H and O–H groups in total. The third-order valence-corrected chi connectivity index (χ3v) is 9.37. The van der Waals surface area contributed by atoms with Gasteiger partial charge in [0.25, 0.3) is 0 Å². The lowest BCUT2D eigenvalue weighted by atomic mass is 9.72. The van der Waals surface area contributed by atoms with Crippen molar-refractivity contribution in [2.24, 2.45) is 0 Å². The first kappa shape index (κ1) is 26.0. The zero-order chi connectivity index (χ0) is 27.4. The summed E-state index contributed by atoms with van der Waals surface area (Å²) >= 11 is 0. The summed E-state index contributed by atoms with van der Waals surface area (Å²) in [6.45, 7) is 26.1. The molecular formula is C38H40. The zero-order valence-corrected chi connectivity index (χ0v) is 24.0. The maximum absolute atomic E-state index is 4.21. The van der Waals surface area contributed by atoms with Crippen LogP contribution in [0, 0.1) is 6.92 Å². The highest BCUT2D eigenvalue weighted by molar-refractivity contribution is 5.93. The number of hydrogen-bond donors (Lipinski definition) is 0. The maximum atomic E-state index is 4.21. The molecule has 0 unspecified atom stereocenters. The van der Waals surface area contributed by atoms with Crippen LogP contribution in [0.3, 0.4) is 0 Å². The average Bonchev–Trinajstić information content (AvgIpc) is 3.31. The molecule has 0 radical (unpaired) electrons. The average molecular weight is 497 g/mol. The molecule has 0 spiro atoms. The lowest BCUT2D eigenvalue weighted by molar-refractivity contribution is 0.490. The van der Waals surface area contributed by atoms with Crippen LogP contribution in [-0.4, -0.2) is 0 Å². The quantitative estimate of drug-likeness (QED) is 0.305. The van der Waals surface area contributed by atoms with E-state index in [2.05, 4.69) is 116 Å². The smallest absolute Gasteiger partial charge is 0.0210 e. The molecule has 192 valence electrons. The topological polar surface area (TPSA) is 0 Å². The van der Waals surface area contributed by atoms with E-state index in [-0.39, 0.29) is 10.8 Å². The molecule has 2 aliphatic rings. The number of rotatable bonds is 7. The van der Waals surface area contributed by atoms with Crippen molar-refractivity contribution in [3.05, 3.63) is 125 Å². The van der Waals surface area contributed by atoms with Crippen LogP contribution in [0.2, 0.25) is 0 Å². The second-order valence-electron chi connectivity index (χ2n) is 11.3. The third-order valence-electron chi connectivity index (χ3n) is 9.37. The Balaban J connectivity index is 1.73. The summed E-state index contributed by atoms with van der Waals surface area (Å²) in [7, 11) is 0. The minimum absolute atomic E-state index is 0.00441. The van der Waals surface area contributed by atoms with E-state index in [1.165, 1.54) is 72.3 Å². The number of hydrogen-bond acceptors (Lipinski definition) is 0. The summed E-state index contributed by atoms with van der Waals surface area (Å²) in [5.41, 5.74) is 17.0. The monoisotopic (exact) mass is 496 g/mol. The molecule has 0 fully saturated rings. The molecule has 0 bridgehead atoms. The molecule has 0 saturated heterocycles. The van der Waals surface area contributed by atoms with Crippen LogP contribution >= 0.6 is 0 Å². The van der Waals surface area contributed by atoms with Gasteiger partial charge in [0.05, 0.1) is 0 Å². The van der Waals surface area contributed by atoms with Crippen molar-refractivity contribution in [2.75, 3.05) is 0 Å².